The van der Waals surface area contributed by atoms with Gasteiger partial charge in [-0.05, 0) is 38.8 Å². The SMILES string of the molecule is Cc1ccc(N2CCCC(NC(=O)C(C)O)C2=O)cc1. The molecule has 2 unspecified atom stereocenters. The van der Waals surface area contributed by atoms with Crippen LogP contribution in [0.3, 0.4) is 0 Å². The van der Waals surface area contributed by atoms with Crippen molar-refractivity contribution in [3.63, 3.8) is 0 Å². The Morgan fingerprint density at radius 1 is 1.40 bits per heavy atom. The Balaban J connectivity index is 2.10. The molecule has 1 aliphatic rings. The highest BCUT2D eigenvalue weighted by Gasteiger charge is 2.31. The number of benzene rings is 1. The molecular formula is C15H20N2O3. The van der Waals surface area contributed by atoms with Crippen molar-refractivity contribution in [1.29, 1.82) is 0 Å². The van der Waals surface area contributed by atoms with Gasteiger partial charge in [-0.1, -0.05) is 17.7 Å². The monoisotopic (exact) mass is 276 g/mol. The number of rotatable bonds is 3. The number of anilines is 1. The summed E-state index contributed by atoms with van der Waals surface area (Å²) in [6.45, 7) is 4.04. The number of nitrogens with one attached hydrogen (secondary N) is 1. The molecule has 0 bridgehead atoms. The fourth-order valence-corrected chi connectivity index (χ4v) is 2.28. The highest BCUT2D eigenvalue weighted by molar-refractivity contribution is 6.00. The Labute approximate surface area is 118 Å². The number of hydrogen-bond donors (Lipinski definition) is 2. The Kier molecular flexibility index (Phi) is 4.39. The van der Waals surface area contributed by atoms with E-state index in [0.29, 0.717) is 13.0 Å². The first-order valence-corrected chi connectivity index (χ1v) is 6.85. The highest BCUT2D eigenvalue weighted by atomic mass is 16.3. The van der Waals surface area contributed by atoms with Crippen molar-refractivity contribution in [3.8, 4) is 0 Å². The van der Waals surface area contributed by atoms with Crippen molar-refractivity contribution >= 4 is 17.5 Å². The Bertz CT molecular complexity index is 496. The summed E-state index contributed by atoms with van der Waals surface area (Å²) in [7, 11) is 0. The number of aliphatic hydroxyl groups is 1. The molecular weight excluding hydrogens is 256 g/mol. The van der Waals surface area contributed by atoms with Gasteiger partial charge in [-0.25, -0.2) is 0 Å². The predicted molar refractivity (Wildman–Crippen MR) is 76.4 cm³/mol. The van der Waals surface area contributed by atoms with Crippen LogP contribution in [0.25, 0.3) is 0 Å². The molecule has 2 amide bonds. The fraction of sp³-hybridized carbons (Fsp3) is 0.467. The summed E-state index contributed by atoms with van der Waals surface area (Å²) in [6.07, 6.45) is 0.335. The van der Waals surface area contributed by atoms with Gasteiger partial charge in [0.15, 0.2) is 0 Å². The number of nitrogens with zero attached hydrogens (tertiary/aromatic N) is 1. The van der Waals surface area contributed by atoms with Crippen LogP contribution in [0.15, 0.2) is 24.3 Å². The first kappa shape index (κ1) is 14.5. The summed E-state index contributed by atoms with van der Waals surface area (Å²) in [5.74, 6) is -0.622. The van der Waals surface area contributed by atoms with Gasteiger partial charge in [0.2, 0.25) is 11.8 Å². The van der Waals surface area contributed by atoms with Crippen LogP contribution in [0, 0.1) is 6.92 Å². The third-order valence-electron chi connectivity index (χ3n) is 3.48. The molecule has 2 N–H and O–H groups in total. The molecule has 2 rings (SSSR count). The minimum atomic E-state index is -1.10. The number of piperidine rings is 1. The normalized spacial score (nSPS) is 20.6. The number of aryl methyl sites for hydroxylation is 1. The molecule has 20 heavy (non-hydrogen) atoms. The summed E-state index contributed by atoms with van der Waals surface area (Å²) < 4.78 is 0. The molecule has 5 heteroatoms. The first-order valence-electron chi connectivity index (χ1n) is 6.85. The van der Waals surface area contributed by atoms with Gasteiger partial charge < -0.3 is 15.3 Å². The van der Waals surface area contributed by atoms with Gasteiger partial charge in [-0.15, -0.1) is 0 Å². The summed E-state index contributed by atoms with van der Waals surface area (Å²) >= 11 is 0. The highest BCUT2D eigenvalue weighted by Crippen LogP contribution is 2.21. The van der Waals surface area contributed by atoms with Gasteiger partial charge in [0.25, 0.3) is 0 Å². The number of carbonyl (C=O) groups is 2. The van der Waals surface area contributed by atoms with Crippen LogP contribution in [0.2, 0.25) is 0 Å². The quantitative estimate of drug-likeness (QED) is 0.865. The van der Waals surface area contributed by atoms with E-state index in [-0.39, 0.29) is 5.91 Å². The van der Waals surface area contributed by atoms with Crippen molar-refractivity contribution in [1.82, 2.24) is 5.32 Å². The maximum Gasteiger partial charge on any atom is 0.249 e. The van der Waals surface area contributed by atoms with Crippen LogP contribution in [-0.2, 0) is 9.59 Å². The standard InChI is InChI=1S/C15H20N2O3/c1-10-5-7-12(8-6-10)17-9-3-4-13(15(17)20)16-14(19)11(2)18/h5-8,11,13,18H,3-4,9H2,1-2H3,(H,16,19). The average molecular weight is 276 g/mol. The van der Waals surface area contributed by atoms with Crippen molar-refractivity contribution in [2.24, 2.45) is 0 Å². The van der Waals surface area contributed by atoms with Crippen LogP contribution in [0.1, 0.15) is 25.3 Å². The second-order valence-corrected chi connectivity index (χ2v) is 5.20. The Morgan fingerprint density at radius 2 is 2.05 bits per heavy atom. The molecule has 0 aliphatic carbocycles. The van der Waals surface area contributed by atoms with Gasteiger partial charge in [-0.2, -0.15) is 0 Å². The molecule has 5 nitrogen and oxygen atoms in total. The molecule has 0 aromatic heterocycles. The van der Waals surface area contributed by atoms with E-state index in [9.17, 15) is 14.7 Å². The minimum Gasteiger partial charge on any atom is -0.384 e. The Morgan fingerprint density at radius 3 is 2.65 bits per heavy atom. The number of carbonyl (C=O) groups excluding carboxylic acids is 2. The van der Waals surface area contributed by atoms with E-state index in [0.717, 1.165) is 17.7 Å². The smallest absolute Gasteiger partial charge is 0.249 e. The zero-order valence-electron chi connectivity index (χ0n) is 11.8. The van der Waals surface area contributed by atoms with E-state index in [1.807, 2.05) is 31.2 Å². The maximum atomic E-state index is 12.4. The van der Waals surface area contributed by atoms with E-state index < -0.39 is 18.1 Å². The second-order valence-electron chi connectivity index (χ2n) is 5.20. The second kappa shape index (κ2) is 6.05. The first-order chi connectivity index (χ1) is 9.49. The third-order valence-corrected chi connectivity index (χ3v) is 3.48. The topological polar surface area (TPSA) is 69.6 Å². The summed E-state index contributed by atoms with van der Waals surface area (Å²) in [5.41, 5.74) is 1.98. The lowest BCUT2D eigenvalue weighted by Crippen LogP contribution is -2.54. The molecule has 1 aromatic carbocycles. The largest absolute Gasteiger partial charge is 0.384 e. The lowest BCUT2D eigenvalue weighted by molar-refractivity contribution is -0.133. The Hall–Kier alpha value is -1.88. The van der Waals surface area contributed by atoms with E-state index in [4.69, 9.17) is 0 Å². The molecule has 1 aliphatic heterocycles. The zero-order chi connectivity index (χ0) is 14.7. The van der Waals surface area contributed by atoms with Gasteiger partial charge in [0, 0.05) is 12.2 Å². The van der Waals surface area contributed by atoms with Gasteiger partial charge >= 0.3 is 0 Å². The lowest BCUT2D eigenvalue weighted by Gasteiger charge is -2.33. The van der Waals surface area contributed by atoms with Crippen molar-refractivity contribution in [3.05, 3.63) is 29.8 Å². The van der Waals surface area contributed by atoms with Crippen molar-refractivity contribution in [2.75, 3.05) is 11.4 Å². The van der Waals surface area contributed by atoms with Crippen molar-refractivity contribution < 1.29 is 14.7 Å². The number of hydrogen-bond acceptors (Lipinski definition) is 3. The van der Waals surface area contributed by atoms with Gasteiger partial charge in [-0.3, -0.25) is 9.59 Å². The van der Waals surface area contributed by atoms with Crippen LogP contribution in [0.5, 0.6) is 0 Å². The van der Waals surface area contributed by atoms with Gasteiger partial charge in [0.1, 0.15) is 12.1 Å². The molecule has 0 saturated carbocycles. The average Bonchev–Trinajstić information content (AvgIpc) is 2.42. The molecule has 2 atom stereocenters. The summed E-state index contributed by atoms with van der Waals surface area (Å²) in [5, 5.41) is 11.8. The molecule has 1 saturated heterocycles. The van der Waals surface area contributed by atoms with Gasteiger partial charge in [0.05, 0.1) is 0 Å². The summed E-state index contributed by atoms with van der Waals surface area (Å²) in [6, 6.07) is 7.19. The molecule has 0 spiro atoms. The molecule has 0 radical (unpaired) electrons. The van der Waals surface area contributed by atoms with E-state index in [2.05, 4.69) is 5.32 Å². The van der Waals surface area contributed by atoms with E-state index in [1.165, 1.54) is 6.92 Å². The number of aliphatic hydroxyl groups excluding tert-OH is 1. The summed E-state index contributed by atoms with van der Waals surface area (Å²) in [4.78, 5) is 25.6. The molecule has 1 heterocycles. The minimum absolute atomic E-state index is 0.117. The molecule has 108 valence electrons. The van der Waals surface area contributed by atoms with Crippen LogP contribution < -0.4 is 10.2 Å². The molecule has 1 fully saturated rings. The molecule has 1 aromatic rings. The van der Waals surface area contributed by atoms with Crippen molar-refractivity contribution in [2.45, 2.75) is 38.8 Å². The zero-order valence-corrected chi connectivity index (χ0v) is 11.8. The fourth-order valence-electron chi connectivity index (χ4n) is 2.28. The van der Waals surface area contributed by atoms with E-state index >= 15 is 0 Å². The van der Waals surface area contributed by atoms with Crippen LogP contribution in [-0.4, -0.2) is 35.6 Å². The van der Waals surface area contributed by atoms with E-state index in [1.54, 1.807) is 4.90 Å². The predicted octanol–water partition coefficient (Wildman–Crippen LogP) is 0.987. The van der Waals surface area contributed by atoms with Crippen LogP contribution in [0.4, 0.5) is 5.69 Å². The third kappa shape index (κ3) is 3.17. The lowest BCUT2D eigenvalue weighted by atomic mass is 10.0. The van der Waals surface area contributed by atoms with Crippen LogP contribution >= 0.6 is 0 Å². The number of amides is 2. The maximum absolute atomic E-state index is 12.4.